The van der Waals surface area contributed by atoms with Gasteiger partial charge in [0.2, 0.25) is 0 Å². The van der Waals surface area contributed by atoms with Gasteiger partial charge in [-0.1, -0.05) is 6.42 Å². The fourth-order valence-electron chi connectivity index (χ4n) is 2.51. The molecule has 0 radical (unpaired) electrons. The maximum Gasteiger partial charge on any atom is 0.0774 e. The van der Waals surface area contributed by atoms with Gasteiger partial charge in [0.15, 0.2) is 0 Å². The Balaban J connectivity index is 1.85. The summed E-state index contributed by atoms with van der Waals surface area (Å²) in [4.78, 5) is 2.47. The average molecular weight is 183 g/mol. The van der Waals surface area contributed by atoms with Crippen LogP contribution in [0.15, 0.2) is 0 Å². The Labute approximate surface area is 80.9 Å². The second kappa shape index (κ2) is 3.58. The maximum absolute atomic E-state index is 10.0. The van der Waals surface area contributed by atoms with Crippen molar-refractivity contribution in [2.24, 2.45) is 0 Å². The Hall–Kier alpha value is -0.0800. The molecule has 1 atom stereocenters. The normalized spacial score (nSPS) is 34.2. The van der Waals surface area contributed by atoms with E-state index in [9.17, 15) is 5.11 Å². The minimum atomic E-state index is -0.314. The Bertz CT molecular complexity index is 177. The Kier molecular flexibility index (Phi) is 2.61. The fraction of sp³-hybridized carbons (Fsp3) is 1.00. The number of hydrogen-bond donors (Lipinski definition) is 1. The summed E-state index contributed by atoms with van der Waals surface area (Å²) in [5.41, 5.74) is -0.314. The molecule has 1 saturated carbocycles. The zero-order valence-electron chi connectivity index (χ0n) is 8.63. The first-order chi connectivity index (χ1) is 6.20. The molecule has 0 aromatic carbocycles. The number of likely N-dealkylation sites (tertiary alicyclic amines) is 1. The third-order valence-electron chi connectivity index (χ3n) is 3.72. The molecule has 0 bridgehead atoms. The van der Waals surface area contributed by atoms with E-state index in [1.807, 2.05) is 0 Å². The summed E-state index contributed by atoms with van der Waals surface area (Å²) in [6, 6.07) is 0.693. The quantitative estimate of drug-likeness (QED) is 0.705. The van der Waals surface area contributed by atoms with Gasteiger partial charge in [0, 0.05) is 12.6 Å². The van der Waals surface area contributed by atoms with Gasteiger partial charge in [0.05, 0.1) is 5.60 Å². The van der Waals surface area contributed by atoms with Crippen molar-refractivity contribution in [3.63, 3.8) is 0 Å². The molecule has 1 aliphatic carbocycles. The van der Waals surface area contributed by atoms with E-state index in [2.05, 4.69) is 11.8 Å². The topological polar surface area (TPSA) is 23.5 Å². The molecule has 1 N–H and O–H groups in total. The molecule has 1 unspecified atom stereocenters. The first-order valence-electron chi connectivity index (χ1n) is 5.66. The van der Waals surface area contributed by atoms with Gasteiger partial charge in [-0.2, -0.15) is 0 Å². The van der Waals surface area contributed by atoms with E-state index in [1.165, 1.54) is 32.2 Å². The third kappa shape index (κ3) is 2.05. The highest BCUT2D eigenvalue weighted by Gasteiger charge is 2.37. The number of aliphatic hydroxyl groups is 1. The first kappa shape index (κ1) is 9.47. The summed E-state index contributed by atoms with van der Waals surface area (Å²) in [6.07, 6.45) is 7.28. The molecule has 13 heavy (non-hydrogen) atoms. The van der Waals surface area contributed by atoms with Crippen molar-refractivity contribution in [1.29, 1.82) is 0 Å². The molecule has 76 valence electrons. The summed E-state index contributed by atoms with van der Waals surface area (Å²) >= 11 is 0. The lowest BCUT2D eigenvalue weighted by Gasteiger charge is -2.44. The predicted molar refractivity (Wildman–Crippen MR) is 53.7 cm³/mol. The van der Waals surface area contributed by atoms with Crippen LogP contribution in [0.3, 0.4) is 0 Å². The van der Waals surface area contributed by atoms with E-state index >= 15 is 0 Å². The van der Waals surface area contributed by atoms with Crippen molar-refractivity contribution in [2.45, 2.75) is 57.1 Å². The molecular weight excluding hydrogens is 162 g/mol. The van der Waals surface area contributed by atoms with Crippen molar-refractivity contribution < 1.29 is 5.11 Å². The van der Waals surface area contributed by atoms with E-state index in [1.54, 1.807) is 0 Å². The van der Waals surface area contributed by atoms with Crippen molar-refractivity contribution in [1.82, 2.24) is 4.90 Å². The fourth-order valence-corrected chi connectivity index (χ4v) is 2.51. The molecule has 0 aromatic heterocycles. The van der Waals surface area contributed by atoms with E-state index in [0.717, 1.165) is 19.4 Å². The Morgan fingerprint density at radius 1 is 1.31 bits per heavy atom. The van der Waals surface area contributed by atoms with Crippen LogP contribution in [0.5, 0.6) is 0 Å². The molecular formula is C11H21NO. The zero-order chi connectivity index (χ0) is 9.31. The van der Waals surface area contributed by atoms with Crippen LogP contribution in [0.25, 0.3) is 0 Å². The predicted octanol–water partition coefficient (Wildman–Crippen LogP) is 1.78. The van der Waals surface area contributed by atoms with Crippen LogP contribution in [0.4, 0.5) is 0 Å². The van der Waals surface area contributed by atoms with Crippen LogP contribution < -0.4 is 0 Å². The number of hydrogen-bond acceptors (Lipinski definition) is 2. The summed E-state index contributed by atoms with van der Waals surface area (Å²) in [5, 5.41) is 10.0. The lowest BCUT2D eigenvalue weighted by molar-refractivity contribution is -0.0696. The summed E-state index contributed by atoms with van der Waals surface area (Å²) in [7, 11) is 0. The molecule has 2 nitrogen and oxygen atoms in total. The van der Waals surface area contributed by atoms with Gasteiger partial charge in [-0.3, -0.25) is 4.90 Å². The van der Waals surface area contributed by atoms with Crippen LogP contribution in [-0.4, -0.2) is 34.7 Å². The number of nitrogens with zero attached hydrogens (tertiary/aromatic N) is 1. The smallest absolute Gasteiger partial charge is 0.0774 e. The number of β-amino-alcohol motifs (C(OH)–C–C–N with tert-alkyl or cyclic N) is 1. The van der Waals surface area contributed by atoms with Crippen molar-refractivity contribution >= 4 is 0 Å². The Morgan fingerprint density at radius 3 is 2.62 bits per heavy atom. The van der Waals surface area contributed by atoms with Crippen molar-refractivity contribution in [3.05, 3.63) is 0 Å². The van der Waals surface area contributed by atoms with E-state index in [4.69, 9.17) is 0 Å². The minimum Gasteiger partial charge on any atom is -0.389 e. The number of piperidine rings is 1. The standard InChI is InChI=1S/C11H21NO/c1-10-5-2-3-8-12(10)9-11(13)6-4-7-11/h10,13H,2-9H2,1H3. The summed E-state index contributed by atoms with van der Waals surface area (Å²) in [6.45, 7) is 4.42. The highest BCUT2D eigenvalue weighted by molar-refractivity contribution is 4.92. The average Bonchev–Trinajstić information content (AvgIpc) is 2.06. The summed E-state index contributed by atoms with van der Waals surface area (Å²) < 4.78 is 0. The SMILES string of the molecule is CC1CCCCN1CC1(O)CCC1. The van der Waals surface area contributed by atoms with Crippen LogP contribution in [0, 0.1) is 0 Å². The molecule has 1 saturated heterocycles. The van der Waals surface area contributed by atoms with Crippen molar-refractivity contribution in [2.75, 3.05) is 13.1 Å². The van der Waals surface area contributed by atoms with Gasteiger partial charge in [-0.05, 0) is 45.6 Å². The largest absolute Gasteiger partial charge is 0.389 e. The zero-order valence-corrected chi connectivity index (χ0v) is 8.63. The molecule has 0 amide bonds. The third-order valence-corrected chi connectivity index (χ3v) is 3.72. The monoisotopic (exact) mass is 183 g/mol. The van der Waals surface area contributed by atoms with Crippen LogP contribution in [0.1, 0.15) is 45.4 Å². The maximum atomic E-state index is 10.0. The molecule has 0 aromatic rings. The molecule has 2 rings (SSSR count). The van der Waals surface area contributed by atoms with Gasteiger partial charge in [-0.25, -0.2) is 0 Å². The molecule has 2 aliphatic rings. The highest BCUT2D eigenvalue weighted by Crippen LogP contribution is 2.33. The molecule has 2 heteroatoms. The lowest BCUT2D eigenvalue weighted by Crippen LogP contribution is -2.51. The first-order valence-corrected chi connectivity index (χ1v) is 5.66. The summed E-state index contributed by atoms with van der Waals surface area (Å²) in [5.74, 6) is 0. The Morgan fingerprint density at radius 2 is 2.08 bits per heavy atom. The lowest BCUT2D eigenvalue weighted by atomic mass is 9.79. The van der Waals surface area contributed by atoms with Gasteiger partial charge in [0.1, 0.15) is 0 Å². The van der Waals surface area contributed by atoms with E-state index < -0.39 is 0 Å². The second-order valence-corrected chi connectivity index (χ2v) is 4.89. The molecule has 0 spiro atoms. The molecule has 2 fully saturated rings. The van der Waals surface area contributed by atoms with Gasteiger partial charge in [0.25, 0.3) is 0 Å². The van der Waals surface area contributed by atoms with Gasteiger partial charge in [-0.15, -0.1) is 0 Å². The van der Waals surface area contributed by atoms with Crippen LogP contribution in [-0.2, 0) is 0 Å². The second-order valence-electron chi connectivity index (χ2n) is 4.89. The molecule has 1 heterocycles. The highest BCUT2D eigenvalue weighted by atomic mass is 16.3. The van der Waals surface area contributed by atoms with Gasteiger partial charge >= 0.3 is 0 Å². The van der Waals surface area contributed by atoms with Crippen LogP contribution in [0.2, 0.25) is 0 Å². The molecule has 1 aliphatic heterocycles. The van der Waals surface area contributed by atoms with Crippen LogP contribution >= 0.6 is 0 Å². The van der Waals surface area contributed by atoms with E-state index in [0.29, 0.717) is 6.04 Å². The van der Waals surface area contributed by atoms with Crippen molar-refractivity contribution in [3.8, 4) is 0 Å². The minimum absolute atomic E-state index is 0.314. The van der Waals surface area contributed by atoms with E-state index in [-0.39, 0.29) is 5.60 Å². The number of rotatable bonds is 2. The van der Waals surface area contributed by atoms with Gasteiger partial charge < -0.3 is 5.11 Å².